The van der Waals surface area contributed by atoms with E-state index in [1.807, 2.05) is 6.07 Å². The molecule has 0 aromatic heterocycles. The van der Waals surface area contributed by atoms with E-state index in [1.165, 1.54) is 5.56 Å². The molecule has 2 heteroatoms. The second-order valence-electron chi connectivity index (χ2n) is 3.65. The van der Waals surface area contributed by atoms with E-state index >= 15 is 0 Å². The van der Waals surface area contributed by atoms with Gasteiger partial charge in [-0.25, -0.2) is 0 Å². The van der Waals surface area contributed by atoms with Crippen LogP contribution in [0.3, 0.4) is 0 Å². The smallest absolute Gasteiger partial charge is 0.124 e. The minimum Gasteiger partial charge on any atom is -0.493 e. The van der Waals surface area contributed by atoms with Gasteiger partial charge in [-0.3, -0.25) is 0 Å². The maximum atomic E-state index is 5.72. The standard InChI is InChI=1S/C12H17NO/c1-2-11-10-6-3-4-7-12(10)14-9-5-8-13-11/h3-4,6-7,11,13H,2,5,8-9H2,1H3. The second kappa shape index (κ2) is 4.47. The minimum atomic E-state index is 0.450. The van der Waals surface area contributed by atoms with Gasteiger partial charge in [0, 0.05) is 11.6 Å². The quantitative estimate of drug-likeness (QED) is 0.736. The molecule has 1 N–H and O–H groups in total. The van der Waals surface area contributed by atoms with Crippen LogP contribution in [0, 0.1) is 0 Å². The zero-order valence-corrected chi connectivity index (χ0v) is 8.62. The molecule has 0 spiro atoms. The molecule has 2 rings (SSSR count). The Bertz CT molecular complexity index is 298. The van der Waals surface area contributed by atoms with Crippen LogP contribution in [0.4, 0.5) is 0 Å². The normalized spacial score (nSPS) is 21.6. The summed E-state index contributed by atoms with van der Waals surface area (Å²) in [7, 11) is 0. The lowest BCUT2D eigenvalue weighted by Gasteiger charge is -2.23. The fraction of sp³-hybridized carbons (Fsp3) is 0.500. The van der Waals surface area contributed by atoms with Crippen LogP contribution in [0.15, 0.2) is 24.3 Å². The zero-order valence-electron chi connectivity index (χ0n) is 8.62. The van der Waals surface area contributed by atoms with Gasteiger partial charge in [-0.15, -0.1) is 0 Å². The number of nitrogens with one attached hydrogen (secondary N) is 1. The molecular formula is C12H17NO. The van der Waals surface area contributed by atoms with Crippen LogP contribution in [0.1, 0.15) is 31.4 Å². The van der Waals surface area contributed by atoms with Crippen molar-refractivity contribution in [1.29, 1.82) is 0 Å². The summed E-state index contributed by atoms with van der Waals surface area (Å²) < 4.78 is 5.72. The van der Waals surface area contributed by atoms with Crippen molar-refractivity contribution in [2.45, 2.75) is 25.8 Å². The highest BCUT2D eigenvalue weighted by atomic mass is 16.5. The molecule has 1 aromatic rings. The first-order chi connectivity index (χ1) is 6.92. The number of rotatable bonds is 1. The predicted octanol–water partition coefficient (Wildman–Crippen LogP) is 2.51. The molecule has 0 radical (unpaired) electrons. The van der Waals surface area contributed by atoms with E-state index in [0.29, 0.717) is 6.04 Å². The average Bonchev–Trinajstić information content (AvgIpc) is 2.20. The Morgan fingerprint density at radius 1 is 1.43 bits per heavy atom. The summed E-state index contributed by atoms with van der Waals surface area (Å²) in [6.07, 6.45) is 2.20. The van der Waals surface area contributed by atoms with Gasteiger partial charge in [-0.2, -0.15) is 0 Å². The number of hydrogen-bond donors (Lipinski definition) is 1. The number of hydrogen-bond acceptors (Lipinski definition) is 2. The Morgan fingerprint density at radius 3 is 3.14 bits per heavy atom. The molecule has 0 bridgehead atoms. The van der Waals surface area contributed by atoms with E-state index in [9.17, 15) is 0 Å². The van der Waals surface area contributed by atoms with Crippen molar-refractivity contribution in [2.24, 2.45) is 0 Å². The van der Waals surface area contributed by atoms with Crippen LogP contribution in [0.5, 0.6) is 5.75 Å². The van der Waals surface area contributed by atoms with E-state index < -0.39 is 0 Å². The van der Waals surface area contributed by atoms with Crippen molar-refractivity contribution >= 4 is 0 Å². The lowest BCUT2D eigenvalue weighted by molar-refractivity contribution is 0.284. The first-order valence-electron chi connectivity index (χ1n) is 5.37. The molecule has 1 atom stereocenters. The Hall–Kier alpha value is -1.02. The van der Waals surface area contributed by atoms with Crippen molar-refractivity contribution in [2.75, 3.05) is 13.2 Å². The van der Waals surface area contributed by atoms with Gasteiger partial charge in [-0.1, -0.05) is 25.1 Å². The molecule has 0 fully saturated rings. The average molecular weight is 191 g/mol. The van der Waals surface area contributed by atoms with Gasteiger partial charge in [0.25, 0.3) is 0 Å². The molecule has 1 aliphatic heterocycles. The van der Waals surface area contributed by atoms with Gasteiger partial charge in [0.1, 0.15) is 5.75 Å². The molecular weight excluding hydrogens is 174 g/mol. The Morgan fingerprint density at radius 2 is 2.29 bits per heavy atom. The van der Waals surface area contributed by atoms with Crippen molar-refractivity contribution in [3.63, 3.8) is 0 Å². The van der Waals surface area contributed by atoms with Gasteiger partial charge >= 0.3 is 0 Å². The third-order valence-electron chi connectivity index (χ3n) is 2.67. The van der Waals surface area contributed by atoms with Crippen LogP contribution in [-0.2, 0) is 0 Å². The predicted molar refractivity (Wildman–Crippen MR) is 57.6 cm³/mol. The Kier molecular flexibility index (Phi) is 3.04. The van der Waals surface area contributed by atoms with Crippen molar-refractivity contribution in [3.8, 4) is 5.75 Å². The molecule has 76 valence electrons. The molecule has 2 nitrogen and oxygen atoms in total. The summed E-state index contributed by atoms with van der Waals surface area (Å²) in [6.45, 7) is 4.07. The van der Waals surface area contributed by atoms with E-state index in [2.05, 4.69) is 30.4 Å². The highest BCUT2D eigenvalue weighted by Gasteiger charge is 2.15. The summed E-state index contributed by atoms with van der Waals surface area (Å²) in [6, 6.07) is 8.78. The maximum Gasteiger partial charge on any atom is 0.124 e. The molecule has 1 unspecified atom stereocenters. The molecule has 1 aliphatic rings. The minimum absolute atomic E-state index is 0.450. The fourth-order valence-electron chi connectivity index (χ4n) is 1.90. The number of benzene rings is 1. The molecule has 0 aliphatic carbocycles. The van der Waals surface area contributed by atoms with Gasteiger partial charge in [0.05, 0.1) is 6.61 Å². The monoisotopic (exact) mass is 191 g/mol. The highest BCUT2D eigenvalue weighted by molar-refractivity contribution is 5.36. The van der Waals surface area contributed by atoms with E-state index in [1.54, 1.807) is 0 Å². The van der Waals surface area contributed by atoms with Gasteiger partial charge < -0.3 is 10.1 Å². The van der Waals surface area contributed by atoms with Crippen LogP contribution >= 0.6 is 0 Å². The lowest BCUT2D eigenvalue weighted by Crippen LogP contribution is -2.26. The van der Waals surface area contributed by atoms with E-state index in [0.717, 1.165) is 31.7 Å². The first-order valence-corrected chi connectivity index (χ1v) is 5.37. The highest BCUT2D eigenvalue weighted by Crippen LogP contribution is 2.28. The summed E-state index contributed by atoms with van der Waals surface area (Å²) in [5.74, 6) is 1.05. The molecule has 0 amide bonds. The third-order valence-corrected chi connectivity index (χ3v) is 2.67. The molecule has 1 heterocycles. The third kappa shape index (κ3) is 1.90. The first kappa shape index (κ1) is 9.53. The second-order valence-corrected chi connectivity index (χ2v) is 3.65. The summed E-state index contributed by atoms with van der Waals surface area (Å²) >= 11 is 0. The van der Waals surface area contributed by atoms with Gasteiger partial charge in [0.2, 0.25) is 0 Å². The molecule has 14 heavy (non-hydrogen) atoms. The number of fused-ring (bicyclic) bond motifs is 1. The van der Waals surface area contributed by atoms with Gasteiger partial charge in [-0.05, 0) is 25.5 Å². The molecule has 1 aromatic carbocycles. The van der Waals surface area contributed by atoms with Crippen LogP contribution < -0.4 is 10.1 Å². The molecule has 0 saturated carbocycles. The summed E-state index contributed by atoms with van der Waals surface area (Å²) in [4.78, 5) is 0. The lowest BCUT2D eigenvalue weighted by atomic mass is 10.0. The van der Waals surface area contributed by atoms with E-state index in [4.69, 9.17) is 4.74 Å². The zero-order chi connectivity index (χ0) is 9.80. The van der Waals surface area contributed by atoms with Crippen molar-refractivity contribution in [1.82, 2.24) is 5.32 Å². The number of para-hydroxylation sites is 1. The van der Waals surface area contributed by atoms with Gasteiger partial charge in [0.15, 0.2) is 0 Å². The van der Waals surface area contributed by atoms with E-state index in [-0.39, 0.29) is 0 Å². The summed E-state index contributed by atoms with van der Waals surface area (Å²) in [5.41, 5.74) is 1.30. The van der Waals surface area contributed by atoms with Crippen LogP contribution in [0.25, 0.3) is 0 Å². The SMILES string of the molecule is CCC1NCCCOc2ccccc21. The fourth-order valence-corrected chi connectivity index (χ4v) is 1.90. The van der Waals surface area contributed by atoms with Crippen LogP contribution in [-0.4, -0.2) is 13.2 Å². The largest absolute Gasteiger partial charge is 0.493 e. The number of ether oxygens (including phenoxy) is 1. The Labute approximate surface area is 85.3 Å². The topological polar surface area (TPSA) is 21.3 Å². The van der Waals surface area contributed by atoms with Crippen LogP contribution in [0.2, 0.25) is 0 Å². The summed E-state index contributed by atoms with van der Waals surface area (Å²) in [5, 5.41) is 3.55. The molecule has 0 saturated heterocycles. The Balaban J connectivity index is 2.31. The van der Waals surface area contributed by atoms with Crippen molar-refractivity contribution in [3.05, 3.63) is 29.8 Å². The maximum absolute atomic E-state index is 5.72. The van der Waals surface area contributed by atoms with Crippen molar-refractivity contribution < 1.29 is 4.74 Å².